The summed E-state index contributed by atoms with van der Waals surface area (Å²) < 4.78 is 16.5. The van der Waals surface area contributed by atoms with Crippen LogP contribution in [0, 0.1) is 0 Å². The molecule has 1 unspecified atom stereocenters. The highest BCUT2D eigenvalue weighted by molar-refractivity contribution is 5.29. The lowest BCUT2D eigenvalue weighted by Crippen LogP contribution is -2.25. The van der Waals surface area contributed by atoms with Gasteiger partial charge in [0.25, 0.3) is 0 Å². The molecule has 0 bridgehead atoms. The van der Waals surface area contributed by atoms with Crippen LogP contribution in [0.25, 0.3) is 0 Å². The van der Waals surface area contributed by atoms with Gasteiger partial charge in [-0.2, -0.15) is 0 Å². The van der Waals surface area contributed by atoms with E-state index in [1.54, 1.807) is 7.11 Å². The fraction of sp³-hybridized carbons (Fsp3) is 0.625. The first-order chi connectivity index (χ1) is 9.46. The van der Waals surface area contributed by atoms with Crippen molar-refractivity contribution in [1.82, 2.24) is 5.32 Å². The zero-order chi connectivity index (χ0) is 15.0. The predicted octanol–water partition coefficient (Wildman–Crippen LogP) is 2.79. The van der Waals surface area contributed by atoms with Crippen molar-refractivity contribution in [1.29, 1.82) is 0 Å². The Hall–Kier alpha value is -1.10. The summed E-state index contributed by atoms with van der Waals surface area (Å²) >= 11 is 0. The maximum atomic E-state index is 5.67. The normalized spacial score (nSPS) is 13.2. The SMILES string of the molecule is CNC(COCCOC(C)(C)C)c1ccc(OC)cc1. The van der Waals surface area contributed by atoms with Gasteiger partial charge in [-0.1, -0.05) is 12.1 Å². The monoisotopic (exact) mass is 281 g/mol. The Morgan fingerprint density at radius 2 is 1.75 bits per heavy atom. The molecule has 1 aromatic rings. The largest absolute Gasteiger partial charge is 0.497 e. The molecule has 4 nitrogen and oxygen atoms in total. The standard InChI is InChI=1S/C16H27NO3/c1-16(2,3)20-11-10-19-12-15(17-4)13-6-8-14(18-5)9-7-13/h6-9,15,17H,10-12H2,1-5H3. The van der Waals surface area contributed by atoms with Crippen LogP contribution in [0.5, 0.6) is 5.75 Å². The van der Waals surface area contributed by atoms with Crippen LogP contribution in [0.1, 0.15) is 32.4 Å². The van der Waals surface area contributed by atoms with Crippen molar-refractivity contribution in [3.8, 4) is 5.75 Å². The third-order valence-corrected chi connectivity index (χ3v) is 2.91. The van der Waals surface area contributed by atoms with Gasteiger partial charge in [0, 0.05) is 0 Å². The van der Waals surface area contributed by atoms with Crippen molar-refractivity contribution in [2.24, 2.45) is 0 Å². The minimum atomic E-state index is -0.109. The quantitative estimate of drug-likeness (QED) is 0.744. The van der Waals surface area contributed by atoms with E-state index in [4.69, 9.17) is 14.2 Å². The lowest BCUT2D eigenvalue weighted by molar-refractivity contribution is -0.0372. The van der Waals surface area contributed by atoms with E-state index in [1.807, 2.05) is 40.0 Å². The van der Waals surface area contributed by atoms with E-state index in [2.05, 4.69) is 17.4 Å². The lowest BCUT2D eigenvalue weighted by Gasteiger charge is -2.21. The molecule has 0 saturated carbocycles. The van der Waals surface area contributed by atoms with E-state index in [0.29, 0.717) is 19.8 Å². The van der Waals surface area contributed by atoms with Crippen molar-refractivity contribution in [3.05, 3.63) is 29.8 Å². The molecule has 114 valence electrons. The third kappa shape index (κ3) is 6.37. The maximum absolute atomic E-state index is 5.67. The van der Waals surface area contributed by atoms with Gasteiger partial charge in [0.15, 0.2) is 0 Å². The summed E-state index contributed by atoms with van der Waals surface area (Å²) in [5, 5.41) is 3.26. The first-order valence-electron chi connectivity index (χ1n) is 6.99. The van der Waals surface area contributed by atoms with Crippen molar-refractivity contribution in [3.63, 3.8) is 0 Å². The van der Waals surface area contributed by atoms with Crippen molar-refractivity contribution in [2.45, 2.75) is 32.4 Å². The van der Waals surface area contributed by atoms with Crippen LogP contribution in [-0.4, -0.2) is 39.6 Å². The Morgan fingerprint density at radius 3 is 2.25 bits per heavy atom. The van der Waals surface area contributed by atoms with Crippen LogP contribution >= 0.6 is 0 Å². The Kier molecular flexibility index (Phi) is 6.99. The van der Waals surface area contributed by atoms with Gasteiger partial charge in [-0.25, -0.2) is 0 Å². The number of benzene rings is 1. The molecular formula is C16H27NO3. The Bertz CT molecular complexity index is 370. The predicted molar refractivity (Wildman–Crippen MR) is 81.3 cm³/mol. The highest BCUT2D eigenvalue weighted by Gasteiger charge is 2.11. The molecule has 1 aromatic carbocycles. The fourth-order valence-electron chi connectivity index (χ4n) is 1.79. The first-order valence-corrected chi connectivity index (χ1v) is 6.99. The van der Waals surface area contributed by atoms with E-state index < -0.39 is 0 Å². The van der Waals surface area contributed by atoms with Crippen LogP contribution < -0.4 is 10.1 Å². The molecule has 1 N–H and O–H groups in total. The fourth-order valence-corrected chi connectivity index (χ4v) is 1.79. The van der Waals surface area contributed by atoms with E-state index in [9.17, 15) is 0 Å². The minimum absolute atomic E-state index is 0.109. The van der Waals surface area contributed by atoms with Crippen LogP contribution in [-0.2, 0) is 9.47 Å². The molecule has 0 fully saturated rings. The molecule has 0 spiro atoms. The number of hydrogen-bond donors (Lipinski definition) is 1. The molecule has 0 heterocycles. The molecule has 4 heteroatoms. The second-order valence-corrected chi connectivity index (χ2v) is 5.65. The summed E-state index contributed by atoms with van der Waals surface area (Å²) in [7, 11) is 3.60. The van der Waals surface area contributed by atoms with Gasteiger partial charge in [0.05, 0.1) is 38.6 Å². The average Bonchev–Trinajstić information content (AvgIpc) is 2.42. The second-order valence-electron chi connectivity index (χ2n) is 5.65. The Labute approximate surface area is 122 Å². The topological polar surface area (TPSA) is 39.7 Å². The summed E-state index contributed by atoms with van der Waals surface area (Å²) in [6.45, 7) is 7.97. The van der Waals surface area contributed by atoms with Gasteiger partial charge in [-0.15, -0.1) is 0 Å². The van der Waals surface area contributed by atoms with Crippen LogP contribution in [0.2, 0.25) is 0 Å². The zero-order valence-corrected chi connectivity index (χ0v) is 13.2. The highest BCUT2D eigenvalue weighted by atomic mass is 16.5. The summed E-state index contributed by atoms with van der Waals surface area (Å²) in [5.41, 5.74) is 1.08. The molecule has 0 saturated heterocycles. The van der Waals surface area contributed by atoms with Gasteiger partial charge in [-0.3, -0.25) is 0 Å². The summed E-state index contributed by atoms with van der Waals surface area (Å²) in [5.74, 6) is 0.864. The lowest BCUT2D eigenvalue weighted by atomic mass is 10.1. The van der Waals surface area contributed by atoms with Gasteiger partial charge < -0.3 is 19.5 Å². The Morgan fingerprint density at radius 1 is 1.10 bits per heavy atom. The molecule has 0 amide bonds. The number of nitrogens with one attached hydrogen (secondary N) is 1. The molecule has 0 aliphatic rings. The van der Waals surface area contributed by atoms with Crippen molar-refractivity contribution < 1.29 is 14.2 Å². The number of rotatable bonds is 8. The van der Waals surface area contributed by atoms with Gasteiger partial charge >= 0.3 is 0 Å². The maximum Gasteiger partial charge on any atom is 0.118 e. The molecular weight excluding hydrogens is 254 g/mol. The summed E-state index contributed by atoms with van der Waals surface area (Å²) in [4.78, 5) is 0. The number of likely N-dealkylation sites (N-methyl/N-ethyl adjacent to an activating group) is 1. The summed E-state index contributed by atoms with van der Waals surface area (Å²) in [6.07, 6.45) is 0. The van der Waals surface area contributed by atoms with Gasteiger partial charge in [0.1, 0.15) is 5.75 Å². The number of hydrogen-bond acceptors (Lipinski definition) is 4. The van der Waals surface area contributed by atoms with E-state index in [-0.39, 0.29) is 11.6 Å². The van der Waals surface area contributed by atoms with Crippen LogP contribution in [0.4, 0.5) is 0 Å². The summed E-state index contributed by atoms with van der Waals surface area (Å²) in [6, 6.07) is 8.20. The van der Waals surface area contributed by atoms with E-state index in [0.717, 1.165) is 5.75 Å². The second kappa shape index (κ2) is 8.25. The Balaban J connectivity index is 2.35. The van der Waals surface area contributed by atoms with Crippen LogP contribution in [0.15, 0.2) is 24.3 Å². The zero-order valence-electron chi connectivity index (χ0n) is 13.2. The highest BCUT2D eigenvalue weighted by Crippen LogP contribution is 2.17. The van der Waals surface area contributed by atoms with Crippen LogP contribution in [0.3, 0.4) is 0 Å². The number of methoxy groups -OCH3 is 1. The molecule has 0 aliphatic carbocycles. The van der Waals surface area contributed by atoms with E-state index >= 15 is 0 Å². The molecule has 20 heavy (non-hydrogen) atoms. The molecule has 0 aliphatic heterocycles. The van der Waals surface area contributed by atoms with Crippen molar-refractivity contribution >= 4 is 0 Å². The van der Waals surface area contributed by atoms with E-state index in [1.165, 1.54) is 5.56 Å². The van der Waals surface area contributed by atoms with Gasteiger partial charge in [0.2, 0.25) is 0 Å². The minimum Gasteiger partial charge on any atom is -0.497 e. The molecule has 0 radical (unpaired) electrons. The smallest absolute Gasteiger partial charge is 0.118 e. The average molecular weight is 281 g/mol. The first kappa shape index (κ1) is 17.0. The van der Waals surface area contributed by atoms with Gasteiger partial charge in [-0.05, 0) is 45.5 Å². The molecule has 1 rings (SSSR count). The molecule has 1 atom stereocenters. The van der Waals surface area contributed by atoms with Crippen molar-refractivity contribution in [2.75, 3.05) is 34.0 Å². The molecule has 0 aromatic heterocycles. The third-order valence-electron chi connectivity index (χ3n) is 2.91. The number of ether oxygens (including phenoxy) is 3.